The third-order valence-electron chi connectivity index (χ3n) is 2.61. The van der Waals surface area contributed by atoms with E-state index >= 15 is 0 Å². The molecule has 0 fully saturated rings. The van der Waals surface area contributed by atoms with Crippen LogP contribution in [0.5, 0.6) is 5.75 Å². The highest BCUT2D eigenvalue weighted by Gasteiger charge is 2.01. The molecular weight excluding hydrogens is 242 g/mol. The Bertz CT molecular complexity index is 317. The predicted molar refractivity (Wildman–Crippen MR) is 81.6 cm³/mol. The van der Waals surface area contributed by atoms with Gasteiger partial charge in [-0.15, -0.1) is 0 Å². The lowest BCUT2D eigenvalue weighted by Crippen LogP contribution is -2.14. The Labute approximate surface area is 116 Å². The van der Waals surface area contributed by atoms with Crippen molar-refractivity contribution in [2.75, 3.05) is 24.7 Å². The number of para-hydroxylation sites is 1. The molecule has 0 spiro atoms. The molecule has 1 aromatic rings. The Hall–Kier alpha value is -0.670. The first-order valence-electron chi connectivity index (χ1n) is 6.87. The van der Waals surface area contributed by atoms with Gasteiger partial charge < -0.3 is 10.1 Å². The molecule has 0 aliphatic carbocycles. The van der Waals surface area contributed by atoms with Crippen LogP contribution in [0.25, 0.3) is 0 Å². The number of benzene rings is 1. The van der Waals surface area contributed by atoms with Gasteiger partial charge in [0.25, 0.3) is 0 Å². The lowest BCUT2D eigenvalue weighted by molar-refractivity contribution is 0.314. The van der Waals surface area contributed by atoms with Crippen molar-refractivity contribution in [3.8, 4) is 5.75 Å². The van der Waals surface area contributed by atoms with Crippen LogP contribution in [0.3, 0.4) is 0 Å². The molecule has 0 heterocycles. The smallest absolute Gasteiger partial charge is 0.123 e. The molecule has 1 rings (SSSR count). The van der Waals surface area contributed by atoms with Gasteiger partial charge in [0.1, 0.15) is 5.75 Å². The van der Waals surface area contributed by atoms with Crippen molar-refractivity contribution in [2.45, 2.75) is 33.2 Å². The first-order valence-corrected chi connectivity index (χ1v) is 8.03. The van der Waals surface area contributed by atoms with Crippen LogP contribution in [-0.2, 0) is 6.54 Å². The molecule has 2 nitrogen and oxygen atoms in total. The third-order valence-corrected chi connectivity index (χ3v) is 3.60. The summed E-state index contributed by atoms with van der Waals surface area (Å²) >= 11 is 1.97. The maximum Gasteiger partial charge on any atom is 0.123 e. The Balaban J connectivity index is 2.33. The summed E-state index contributed by atoms with van der Waals surface area (Å²) < 4.78 is 5.86. The fraction of sp³-hybridized carbons (Fsp3) is 0.600. The second-order valence-electron chi connectivity index (χ2n) is 4.18. The van der Waals surface area contributed by atoms with Gasteiger partial charge in [-0.2, -0.15) is 11.8 Å². The van der Waals surface area contributed by atoms with Crippen molar-refractivity contribution in [3.05, 3.63) is 29.8 Å². The number of nitrogens with one attached hydrogen (secondary N) is 1. The fourth-order valence-electron chi connectivity index (χ4n) is 1.68. The minimum absolute atomic E-state index is 0.817. The van der Waals surface area contributed by atoms with E-state index in [2.05, 4.69) is 37.4 Å². The van der Waals surface area contributed by atoms with E-state index in [1.54, 1.807) is 0 Å². The fourth-order valence-corrected chi connectivity index (χ4v) is 2.29. The zero-order valence-corrected chi connectivity index (χ0v) is 12.4. The molecule has 0 radical (unpaired) electrons. The summed E-state index contributed by atoms with van der Waals surface area (Å²) in [5.41, 5.74) is 1.26. The molecule has 18 heavy (non-hydrogen) atoms. The topological polar surface area (TPSA) is 21.3 Å². The molecule has 0 saturated heterocycles. The molecule has 0 aromatic heterocycles. The van der Waals surface area contributed by atoms with E-state index < -0.39 is 0 Å². The Morgan fingerprint density at radius 3 is 2.83 bits per heavy atom. The van der Waals surface area contributed by atoms with Crippen LogP contribution in [0.2, 0.25) is 0 Å². The van der Waals surface area contributed by atoms with Crippen LogP contribution < -0.4 is 10.1 Å². The zero-order valence-electron chi connectivity index (χ0n) is 11.6. The summed E-state index contributed by atoms with van der Waals surface area (Å²) in [6.07, 6.45) is 2.28. The summed E-state index contributed by atoms with van der Waals surface area (Å²) in [5.74, 6) is 3.41. The second-order valence-corrected chi connectivity index (χ2v) is 5.58. The molecule has 0 unspecified atom stereocenters. The van der Waals surface area contributed by atoms with Crippen molar-refractivity contribution in [2.24, 2.45) is 0 Å². The lowest BCUT2D eigenvalue weighted by Gasteiger charge is -2.11. The second kappa shape index (κ2) is 10.3. The number of hydrogen-bond donors (Lipinski definition) is 1. The van der Waals surface area contributed by atoms with Gasteiger partial charge in [-0.25, -0.2) is 0 Å². The number of rotatable bonds is 10. The van der Waals surface area contributed by atoms with Crippen molar-refractivity contribution in [1.82, 2.24) is 5.32 Å². The lowest BCUT2D eigenvalue weighted by atomic mass is 10.2. The van der Waals surface area contributed by atoms with E-state index in [1.807, 2.05) is 17.8 Å². The highest BCUT2D eigenvalue weighted by molar-refractivity contribution is 7.99. The molecule has 0 amide bonds. The molecular formula is C15H25NOS. The normalized spacial score (nSPS) is 10.6. The van der Waals surface area contributed by atoms with E-state index in [4.69, 9.17) is 4.74 Å². The molecule has 1 N–H and O–H groups in total. The number of hydrogen-bond acceptors (Lipinski definition) is 3. The van der Waals surface area contributed by atoms with Crippen molar-refractivity contribution >= 4 is 11.8 Å². The highest BCUT2D eigenvalue weighted by atomic mass is 32.2. The zero-order chi connectivity index (χ0) is 13.1. The maximum atomic E-state index is 5.86. The molecule has 1 aromatic carbocycles. The summed E-state index contributed by atoms with van der Waals surface area (Å²) in [4.78, 5) is 0. The third kappa shape index (κ3) is 6.31. The molecule has 102 valence electrons. The van der Waals surface area contributed by atoms with Crippen molar-refractivity contribution < 1.29 is 4.74 Å². The minimum Gasteiger partial charge on any atom is -0.493 e. The minimum atomic E-state index is 0.817. The first-order chi connectivity index (χ1) is 8.88. The number of thioether (sulfide) groups is 1. The largest absolute Gasteiger partial charge is 0.493 e. The van der Waals surface area contributed by atoms with Gasteiger partial charge in [0.05, 0.1) is 6.61 Å². The van der Waals surface area contributed by atoms with Gasteiger partial charge in [-0.3, -0.25) is 0 Å². The summed E-state index contributed by atoms with van der Waals surface area (Å²) in [5, 5.41) is 3.42. The van der Waals surface area contributed by atoms with E-state index in [-0.39, 0.29) is 0 Å². The van der Waals surface area contributed by atoms with Crippen LogP contribution in [-0.4, -0.2) is 24.7 Å². The standard InChI is InChI=1S/C15H25NOS/c1-3-10-16-13-14-8-5-6-9-15(14)17-11-7-12-18-4-2/h5-6,8-9,16H,3-4,7,10-13H2,1-2H3. The van der Waals surface area contributed by atoms with Gasteiger partial charge in [0.15, 0.2) is 0 Å². The maximum absolute atomic E-state index is 5.86. The Morgan fingerprint density at radius 2 is 2.06 bits per heavy atom. The van der Waals surface area contributed by atoms with Gasteiger partial charge >= 0.3 is 0 Å². The summed E-state index contributed by atoms with van der Waals surface area (Å²) in [6, 6.07) is 8.32. The van der Waals surface area contributed by atoms with E-state index in [0.717, 1.165) is 38.3 Å². The van der Waals surface area contributed by atoms with E-state index in [0.29, 0.717) is 0 Å². The first kappa shape index (κ1) is 15.4. The van der Waals surface area contributed by atoms with Crippen molar-refractivity contribution in [3.63, 3.8) is 0 Å². The number of ether oxygens (including phenoxy) is 1. The SMILES string of the molecule is CCCNCc1ccccc1OCCCSCC. The molecule has 0 bridgehead atoms. The molecule has 3 heteroatoms. The van der Waals surface area contributed by atoms with Crippen molar-refractivity contribution in [1.29, 1.82) is 0 Å². The Morgan fingerprint density at radius 1 is 1.22 bits per heavy atom. The van der Waals surface area contributed by atoms with Crippen LogP contribution >= 0.6 is 11.8 Å². The van der Waals surface area contributed by atoms with Gasteiger partial charge in [0, 0.05) is 12.1 Å². The van der Waals surface area contributed by atoms with Gasteiger partial charge in [-0.05, 0) is 37.0 Å². The van der Waals surface area contributed by atoms with Gasteiger partial charge in [-0.1, -0.05) is 32.0 Å². The average Bonchev–Trinajstić information content (AvgIpc) is 2.40. The molecule has 0 aliphatic heterocycles. The molecule has 0 atom stereocenters. The monoisotopic (exact) mass is 267 g/mol. The van der Waals surface area contributed by atoms with Crippen LogP contribution in [0.15, 0.2) is 24.3 Å². The quantitative estimate of drug-likeness (QED) is 0.653. The molecule has 0 saturated carbocycles. The molecule has 0 aliphatic rings. The van der Waals surface area contributed by atoms with Crippen LogP contribution in [0.4, 0.5) is 0 Å². The van der Waals surface area contributed by atoms with Crippen LogP contribution in [0, 0.1) is 0 Å². The van der Waals surface area contributed by atoms with E-state index in [9.17, 15) is 0 Å². The van der Waals surface area contributed by atoms with Gasteiger partial charge in [0.2, 0.25) is 0 Å². The average molecular weight is 267 g/mol. The Kier molecular flexibility index (Phi) is 8.78. The van der Waals surface area contributed by atoms with E-state index in [1.165, 1.54) is 17.1 Å². The predicted octanol–water partition coefficient (Wildman–Crippen LogP) is 3.71. The van der Waals surface area contributed by atoms with Crippen LogP contribution in [0.1, 0.15) is 32.3 Å². The summed E-state index contributed by atoms with van der Waals surface area (Å²) in [6.45, 7) is 7.15. The highest BCUT2D eigenvalue weighted by Crippen LogP contribution is 2.18. The summed E-state index contributed by atoms with van der Waals surface area (Å²) in [7, 11) is 0.